The van der Waals surface area contributed by atoms with Crippen molar-refractivity contribution in [1.82, 2.24) is 0 Å². The lowest BCUT2D eigenvalue weighted by Crippen LogP contribution is -1.71. The highest BCUT2D eigenvalue weighted by atomic mass is 13.9. The van der Waals surface area contributed by atoms with E-state index in [1.807, 2.05) is 65.0 Å². The average Bonchev–Trinajstić information content (AvgIpc) is 2.27. The summed E-state index contributed by atoms with van der Waals surface area (Å²) in [5.41, 5.74) is 2.01. The van der Waals surface area contributed by atoms with E-state index in [9.17, 15) is 0 Å². The zero-order valence-corrected chi connectivity index (χ0v) is 10.6. The molecule has 0 heterocycles. The maximum absolute atomic E-state index is 3.80. The van der Waals surface area contributed by atoms with Crippen molar-refractivity contribution in [2.75, 3.05) is 0 Å². The highest BCUT2D eigenvalue weighted by molar-refractivity contribution is 5.40. The molecule has 0 bridgehead atoms. The highest BCUT2D eigenvalue weighted by Gasteiger charge is 1.82. The predicted octanol–water partition coefficient (Wildman–Crippen LogP) is 4.67. The SMILES string of the molecule is C=C(C#CC)\C=C/C(=C\C)/C=C/C.CC. The van der Waals surface area contributed by atoms with Gasteiger partial charge in [0.05, 0.1) is 0 Å². The molecular weight excluding hydrogens is 180 g/mol. The second-order valence-electron chi connectivity index (χ2n) is 2.52. The molecule has 0 nitrogen and oxygen atoms in total. The molecule has 0 fully saturated rings. The minimum atomic E-state index is 0.839. The predicted molar refractivity (Wildman–Crippen MR) is 71.6 cm³/mol. The van der Waals surface area contributed by atoms with E-state index in [0.717, 1.165) is 5.57 Å². The number of hydrogen-bond acceptors (Lipinski definition) is 0. The fourth-order valence-electron chi connectivity index (χ4n) is 0.839. The van der Waals surface area contributed by atoms with Gasteiger partial charge in [-0.1, -0.05) is 50.7 Å². The molecule has 0 heteroatoms. The van der Waals surface area contributed by atoms with Gasteiger partial charge in [0.15, 0.2) is 0 Å². The van der Waals surface area contributed by atoms with Crippen LogP contribution in [0, 0.1) is 11.8 Å². The molecule has 0 aromatic rings. The zero-order valence-electron chi connectivity index (χ0n) is 10.6. The van der Waals surface area contributed by atoms with Crippen LogP contribution in [0.2, 0.25) is 0 Å². The molecule has 0 aromatic carbocycles. The van der Waals surface area contributed by atoms with Gasteiger partial charge < -0.3 is 0 Å². The lowest BCUT2D eigenvalue weighted by atomic mass is 10.2. The van der Waals surface area contributed by atoms with E-state index in [0.29, 0.717) is 0 Å². The second kappa shape index (κ2) is 12.5. The smallest absolute Gasteiger partial charge is 0.0173 e. The maximum atomic E-state index is 3.80. The van der Waals surface area contributed by atoms with Gasteiger partial charge in [0.1, 0.15) is 0 Å². The third-order valence-electron chi connectivity index (χ3n) is 1.45. The summed E-state index contributed by atoms with van der Waals surface area (Å²) in [6.45, 7) is 13.6. The van der Waals surface area contributed by atoms with E-state index in [1.165, 1.54) is 5.57 Å². The van der Waals surface area contributed by atoms with Crippen LogP contribution in [0.4, 0.5) is 0 Å². The Morgan fingerprint density at radius 1 is 1.07 bits per heavy atom. The number of rotatable bonds is 3. The molecule has 82 valence electrons. The Balaban J connectivity index is 0. The summed E-state index contributed by atoms with van der Waals surface area (Å²) in [5, 5.41) is 0. The van der Waals surface area contributed by atoms with Crippen molar-refractivity contribution in [1.29, 1.82) is 0 Å². The molecule has 0 aromatic heterocycles. The molecular formula is C15H22. The van der Waals surface area contributed by atoms with E-state index in [-0.39, 0.29) is 0 Å². The van der Waals surface area contributed by atoms with Crippen LogP contribution in [0.25, 0.3) is 0 Å². The van der Waals surface area contributed by atoms with Crippen molar-refractivity contribution < 1.29 is 0 Å². The first kappa shape index (κ1) is 16.0. The molecule has 0 aliphatic carbocycles. The Hall–Kier alpha value is -1.48. The average molecular weight is 202 g/mol. The Morgan fingerprint density at radius 3 is 2.07 bits per heavy atom. The van der Waals surface area contributed by atoms with Crippen molar-refractivity contribution in [2.24, 2.45) is 0 Å². The summed E-state index contributed by atoms with van der Waals surface area (Å²) in [6, 6.07) is 0. The van der Waals surface area contributed by atoms with Gasteiger partial charge in [0, 0.05) is 5.57 Å². The molecule has 0 aliphatic heterocycles. The van der Waals surface area contributed by atoms with Gasteiger partial charge in [0.2, 0.25) is 0 Å². The summed E-state index contributed by atoms with van der Waals surface area (Å²) in [4.78, 5) is 0. The molecule has 0 radical (unpaired) electrons. The highest BCUT2D eigenvalue weighted by Crippen LogP contribution is 2.01. The lowest BCUT2D eigenvalue weighted by Gasteiger charge is -1.90. The molecule has 0 aliphatic rings. The summed E-state index contributed by atoms with van der Waals surface area (Å²) in [6.07, 6.45) is 10.0. The van der Waals surface area contributed by atoms with Crippen LogP contribution in [0.1, 0.15) is 34.6 Å². The molecule has 0 rings (SSSR count). The van der Waals surface area contributed by atoms with Gasteiger partial charge in [-0.15, -0.1) is 5.92 Å². The van der Waals surface area contributed by atoms with Gasteiger partial charge in [-0.25, -0.2) is 0 Å². The van der Waals surface area contributed by atoms with Crippen molar-refractivity contribution in [2.45, 2.75) is 34.6 Å². The maximum Gasteiger partial charge on any atom is 0.0173 e. The normalized spacial score (nSPS) is 10.6. The quantitative estimate of drug-likeness (QED) is 0.461. The van der Waals surface area contributed by atoms with E-state index in [1.54, 1.807) is 0 Å². The minimum Gasteiger partial charge on any atom is -0.101 e. The van der Waals surface area contributed by atoms with E-state index in [2.05, 4.69) is 18.4 Å². The van der Waals surface area contributed by atoms with Crippen molar-refractivity contribution in [3.63, 3.8) is 0 Å². The van der Waals surface area contributed by atoms with Crippen LogP contribution in [-0.2, 0) is 0 Å². The Kier molecular flexibility index (Phi) is 13.3. The van der Waals surface area contributed by atoms with Crippen LogP contribution in [0.3, 0.4) is 0 Å². The van der Waals surface area contributed by atoms with Crippen molar-refractivity contribution in [3.05, 3.63) is 48.1 Å². The Labute approximate surface area is 95.1 Å². The monoisotopic (exact) mass is 202 g/mol. The van der Waals surface area contributed by atoms with Crippen molar-refractivity contribution >= 4 is 0 Å². The van der Waals surface area contributed by atoms with E-state index < -0.39 is 0 Å². The third-order valence-corrected chi connectivity index (χ3v) is 1.45. The molecule has 15 heavy (non-hydrogen) atoms. The van der Waals surface area contributed by atoms with Crippen LogP contribution in [0.15, 0.2) is 48.1 Å². The first-order valence-corrected chi connectivity index (χ1v) is 5.33. The molecule has 0 N–H and O–H groups in total. The van der Waals surface area contributed by atoms with Crippen LogP contribution >= 0.6 is 0 Å². The minimum absolute atomic E-state index is 0.839. The fraction of sp³-hybridized carbons (Fsp3) is 0.333. The summed E-state index contributed by atoms with van der Waals surface area (Å²) in [7, 11) is 0. The summed E-state index contributed by atoms with van der Waals surface area (Å²) < 4.78 is 0. The van der Waals surface area contributed by atoms with Crippen molar-refractivity contribution in [3.8, 4) is 11.8 Å². The van der Waals surface area contributed by atoms with Gasteiger partial charge in [-0.3, -0.25) is 0 Å². The van der Waals surface area contributed by atoms with Gasteiger partial charge in [0.25, 0.3) is 0 Å². The summed E-state index contributed by atoms with van der Waals surface area (Å²) in [5.74, 6) is 5.69. The first-order chi connectivity index (χ1) is 7.24. The topological polar surface area (TPSA) is 0 Å². The number of allylic oxidation sites excluding steroid dienone is 7. The molecule has 0 unspecified atom stereocenters. The Bertz CT molecular complexity index is 301. The lowest BCUT2D eigenvalue weighted by molar-refractivity contribution is 1.50. The van der Waals surface area contributed by atoms with Gasteiger partial charge in [-0.2, -0.15) is 0 Å². The molecule has 0 amide bonds. The third kappa shape index (κ3) is 10.4. The van der Waals surface area contributed by atoms with E-state index >= 15 is 0 Å². The molecule has 0 spiro atoms. The van der Waals surface area contributed by atoms with Gasteiger partial charge in [-0.05, 0) is 32.4 Å². The zero-order chi connectivity index (χ0) is 12.1. The number of hydrogen-bond donors (Lipinski definition) is 0. The second-order valence-corrected chi connectivity index (χ2v) is 2.52. The van der Waals surface area contributed by atoms with Crippen LogP contribution in [0.5, 0.6) is 0 Å². The molecule has 0 saturated heterocycles. The van der Waals surface area contributed by atoms with Crippen LogP contribution in [-0.4, -0.2) is 0 Å². The van der Waals surface area contributed by atoms with Gasteiger partial charge >= 0.3 is 0 Å². The van der Waals surface area contributed by atoms with Crippen LogP contribution < -0.4 is 0 Å². The van der Waals surface area contributed by atoms with E-state index in [4.69, 9.17) is 0 Å². The molecule has 0 saturated carbocycles. The largest absolute Gasteiger partial charge is 0.101 e. The summed E-state index contributed by atoms with van der Waals surface area (Å²) >= 11 is 0. The fourth-order valence-corrected chi connectivity index (χ4v) is 0.839. The molecule has 0 atom stereocenters. The standard InChI is InChI=1S/C13H16.C2H6/c1-5-8-12(4)10-11-13(7-3)9-6-2;1-2/h6-7,9-11H,4H2,1-3H3;1-2H3/b9-6+,11-10-,13-7-;. The first-order valence-electron chi connectivity index (χ1n) is 5.33. The Morgan fingerprint density at radius 2 is 1.67 bits per heavy atom.